The zero-order chi connectivity index (χ0) is 12.3. The van der Waals surface area contributed by atoms with Gasteiger partial charge in [-0.3, -0.25) is 4.68 Å². The first kappa shape index (κ1) is 14.0. The fraction of sp³-hybridized carbons (Fsp3) is 0.625. The van der Waals surface area contributed by atoms with Crippen molar-refractivity contribution >= 4 is 37.6 Å². The molecule has 5 nitrogen and oxygen atoms in total. The maximum absolute atomic E-state index is 11.9. The molecule has 16 heavy (non-hydrogen) atoms. The van der Waals surface area contributed by atoms with Crippen molar-refractivity contribution in [3.63, 3.8) is 0 Å². The monoisotopic (exact) mass is 329 g/mol. The van der Waals surface area contributed by atoms with E-state index in [0.717, 1.165) is 5.33 Å². The van der Waals surface area contributed by atoms with Gasteiger partial charge in [0.05, 0.1) is 11.2 Å². The Hall–Kier alpha value is -0.110. The van der Waals surface area contributed by atoms with Crippen LogP contribution in [0.3, 0.4) is 0 Å². The van der Waals surface area contributed by atoms with Gasteiger partial charge in [0, 0.05) is 18.4 Å². The number of sulfonamides is 1. The molecule has 0 bridgehead atoms. The minimum absolute atomic E-state index is 0.00408. The predicted octanol–water partition coefficient (Wildman–Crippen LogP) is 1.53. The molecular formula is C8H13BrClN3O2S. The Morgan fingerprint density at radius 2 is 2.31 bits per heavy atom. The van der Waals surface area contributed by atoms with E-state index < -0.39 is 10.0 Å². The van der Waals surface area contributed by atoms with Crippen molar-refractivity contribution in [2.75, 3.05) is 5.33 Å². The van der Waals surface area contributed by atoms with Crippen LogP contribution in [-0.2, 0) is 17.1 Å². The van der Waals surface area contributed by atoms with Gasteiger partial charge in [-0.2, -0.15) is 5.10 Å². The summed E-state index contributed by atoms with van der Waals surface area (Å²) >= 11 is 9.04. The average Bonchev–Trinajstić information content (AvgIpc) is 2.45. The smallest absolute Gasteiger partial charge is 0.255 e. The van der Waals surface area contributed by atoms with E-state index in [2.05, 4.69) is 25.8 Å². The summed E-state index contributed by atoms with van der Waals surface area (Å²) in [7, 11) is -2.06. The maximum atomic E-state index is 11.9. The molecule has 1 unspecified atom stereocenters. The molecule has 1 aromatic rings. The van der Waals surface area contributed by atoms with Crippen LogP contribution in [0.25, 0.3) is 0 Å². The first-order chi connectivity index (χ1) is 7.38. The van der Waals surface area contributed by atoms with E-state index in [1.807, 2.05) is 0 Å². The first-order valence-electron chi connectivity index (χ1n) is 4.64. The van der Waals surface area contributed by atoms with E-state index in [0.29, 0.717) is 6.42 Å². The van der Waals surface area contributed by atoms with Crippen LogP contribution in [0.1, 0.15) is 13.3 Å². The van der Waals surface area contributed by atoms with Crippen molar-refractivity contribution in [2.45, 2.75) is 24.4 Å². The molecule has 0 fully saturated rings. The summed E-state index contributed by atoms with van der Waals surface area (Å²) in [6.07, 6.45) is 2.01. The van der Waals surface area contributed by atoms with E-state index in [1.54, 1.807) is 6.92 Å². The highest BCUT2D eigenvalue weighted by Gasteiger charge is 2.24. The lowest BCUT2D eigenvalue weighted by atomic mass is 10.3. The summed E-state index contributed by atoms with van der Waals surface area (Å²) in [4.78, 5) is 0. The van der Waals surface area contributed by atoms with Gasteiger partial charge in [-0.05, 0) is 13.3 Å². The molecule has 1 atom stereocenters. The number of alkyl halides is 1. The number of halogens is 2. The molecule has 0 saturated heterocycles. The second kappa shape index (κ2) is 5.48. The van der Waals surface area contributed by atoms with Crippen LogP contribution in [0.15, 0.2) is 11.2 Å². The van der Waals surface area contributed by atoms with E-state index >= 15 is 0 Å². The number of nitrogens with one attached hydrogen (secondary N) is 1. The molecule has 0 aliphatic rings. The molecule has 1 N–H and O–H groups in total. The van der Waals surface area contributed by atoms with Crippen LogP contribution >= 0.6 is 27.5 Å². The van der Waals surface area contributed by atoms with Gasteiger partial charge in [0.15, 0.2) is 5.03 Å². The molecule has 1 heterocycles. The molecule has 8 heteroatoms. The fourth-order valence-electron chi connectivity index (χ4n) is 1.25. The zero-order valence-electron chi connectivity index (χ0n) is 8.94. The van der Waals surface area contributed by atoms with Crippen molar-refractivity contribution in [1.82, 2.24) is 14.5 Å². The summed E-state index contributed by atoms with van der Waals surface area (Å²) in [6.45, 7) is 1.79. The Balaban J connectivity index is 2.95. The van der Waals surface area contributed by atoms with Gasteiger partial charge in [0.2, 0.25) is 0 Å². The normalized spacial score (nSPS) is 14.0. The van der Waals surface area contributed by atoms with Gasteiger partial charge in [-0.25, -0.2) is 13.1 Å². The van der Waals surface area contributed by atoms with Crippen molar-refractivity contribution in [3.8, 4) is 0 Å². The second-order valence-corrected chi connectivity index (χ2v) is 6.25. The number of hydrogen-bond acceptors (Lipinski definition) is 3. The lowest BCUT2D eigenvalue weighted by molar-refractivity contribution is 0.542. The van der Waals surface area contributed by atoms with E-state index in [4.69, 9.17) is 11.6 Å². The molecular weight excluding hydrogens is 318 g/mol. The molecule has 0 spiro atoms. The third-order valence-electron chi connectivity index (χ3n) is 2.00. The van der Waals surface area contributed by atoms with Crippen molar-refractivity contribution in [2.24, 2.45) is 7.05 Å². The molecule has 0 aliphatic carbocycles. The Morgan fingerprint density at radius 1 is 1.69 bits per heavy atom. The number of rotatable bonds is 5. The maximum Gasteiger partial charge on any atom is 0.259 e. The average molecular weight is 331 g/mol. The van der Waals surface area contributed by atoms with E-state index in [1.165, 1.54) is 17.9 Å². The predicted molar refractivity (Wildman–Crippen MR) is 66.4 cm³/mol. The molecule has 1 aromatic heterocycles. The van der Waals surface area contributed by atoms with Gasteiger partial charge in [-0.1, -0.05) is 27.5 Å². The Morgan fingerprint density at radius 3 is 2.75 bits per heavy atom. The van der Waals surface area contributed by atoms with E-state index in [9.17, 15) is 8.42 Å². The molecule has 1 rings (SSSR count). The number of aryl methyl sites for hydroxylation is 1. The van der Waals surface area contributed by atoms with Crippen LogP contribution in [0.4, 0.5) is 0 Å². The summed E-state index contributed by atoms with van der Waals surface area (Å²) in [5, 5.41) is 4.65. The standard InChI is InChI=1S/C8H13BrClN3O2S/c1-6(3-4-9)12-16(14,15)8-7(10)5-11-13(8)2/h5-6,12H,3-4H2,1-2H3. The van der Waals surface area contributed by atoms with Crippen LogP contribution in [0, 0.1) is 0 Å². The minimum Gasteiger partial charge on any atom is -0.255 e. The molecule has 0 radical (unpaired) electrons. The second-order valence-electron chi connectivity index (χ2n) is 3.42. The molecule has 0 aliphatic heterocycles. The van der Waals surface area contributed by atoms with Crippen LogP contribution in [0.5, 0.6) is 0 Å². The lowest BCUT2D eigenvalue weighted by Gasteiger charge is -2.13. The van der Waals surface area contributed by atoms with Gasteiger partial charge in [0.25, 0.3) is 10.0 Å². The zero-order valence-corrected chi connectivity index (χ0v) is 12.1. The van der Waals surface area contributed by atoms with Gasteiger partial charge in [0.1, 0.15) is 0 Å². The first-order valence-corrected chi connectivity index (χ1v) is 7.62. The third kappa shape index (κ3) is 3.19. The third-order valence-corrected chi connectivity index (χ3v) is 4.55. The minimum atomic E-state index is -3.60. The summed E-state index contributed by atoms with van der Waals surface area (Å²) < 4.78 is 27.7. The highest BCUT2D eigenvalue weighted by Crippen LogP contribution is 2.19. The number of aromatic nitrogens is 2. The summed E-state index contributed by atoms with van der Waals surface area (Å²) in [5.74, 6) is 0. The highest BCUT2D eigenvalue weighted by molar-refractivity contribution is 9.09. The summed E-state index contributed by atoms with van der Waals surface area (Å²) in [6, 6.07) is -0.157. The van der Waals surface area contributed by atoms with Gasteiger partial charge < -0.3 is 0 Å². The molecule has 0 aromatic carbocycles. The molecule has 92 valence electrons. The fourth-order valence-corrected chi connectivity index (χ4v) is 3.87. The van der Waals surface area contributed by atoms with Crippen molar-refractivity contribution in [1.29, 1.82) is 0 Å². The number of nitrogens with zero attached hydrogens (tertiary/aromatic N) is 2. The van der Waals surface area contributed by atoms with E-state index in [-0.39, 0.29) is 16.1 Å². The van der Waals surface area contributed by atoms with Gasteiger partial charge in [-0.15, -0.1) is 0 Å². The highest BCUT2D eigenvalue weighted by atomic mass is 79.9. The van der Waals surface area contributed by atoms with Crippen molar-refractivity contribution < 1.29 is 8.42 Å². The van der Waals surface area contributed by atoms with Crippen molar-refractivity contribution in [3.05, 3.63) is 11.2 Å². The quantitative estimate of drug-likeness (QED) is 0.833. The Labute approximate surface area is 108 Å². The molecule has 0 saturated carbocycles. The topological polar surface area (TPSA) is 64.0 Å². The lowest BCUT2D eigenvalue weighted by Crippen LogP contribution is -2.34. The Kier molecular flexibility index (Phi) is 4.78. The van der Waals surface area contributed by atoms with Crippen LogP contribution in [0.2, 0.25) is 5.02 Å². The Bertz CT molecular complexity index is 440. The molecule has 0 amide bonds. The van der Waals surface area contributed by atoms with Crippen LogP contribution < -0.4 is 4.72 Å². The number of hydrogen-bond donors (Lipinski definition) is 1. The van der Waals surface area contributed by atoms with Crippen LogP contribution in [-0.4, -0.2) is 29.6 Å². The largest absolute Gasteiger partial charge is 0.259 e. The van der Waals surface area contributed by atoms with Gasteiger partial charge >= 0.3 is 0 Å². The SMILES string of the molecule is CC(CCBr)NS(=O)(=O)c1c(Cl)cnn1C. The summed E-state index contributed by atoms with van der Waals surface area (Å²) in [5.41, 5.74) is 0.